The van der Waals surface area contributed by atoms with Gasteiger partial charge in [0.05, 0.1) is 5.56 Å². The van der Waals surface area contributed by atoms with Crippen molar-refractivity contribution in [2.24, 2.45) is 11.7 Å². The Kier molecular flexibility index (Phi) is 4.97. The van der Waals surface area contributed by atoms with Gasteiger partial charge in [0.2, 0.25) is 0 Å². The molecule has 3 nitrogen and oxygen atoms in total. The first kappa shape index (κ1) is 14.1. The molecule has 2 N–H and O–H groups in total. The molecule has 19 heavy (non-hydrogen) atoms. The summed E-state index contributed by atoms with van der Waals surface area (Å²) in [7, 11) is 0. The van der Waals surface area contributed by atoms with Gasteiger partial charge in [0.1, 0.15) is 6.10 Å². The number of ether oxygens (including phenoxy) is 1. The van der Waals surface area contributed by atoms with Crippen LogP contribution in [-0.4, -0.2) is 18.6 Å². The summed E-state index contributed by atoms with van der Waals surface area (Å²) in [5.41, 5.74) is 7.30. The minimum Gasteiger partial charge on any atom is -0.459 e. The highest BCUT2D eigenvalue weighted by atomic mass is 16.5. The Labute approximate surface area is 115 Å². The van der Waals surface area contributed by atoms with Gasteiger partial charge in [-0.25, -0.2) is 4.79 Å². The highest BCUT2D eigenvalue weighted by Crippen LogP contribution is 2.26. The van der Waals surface area contributed by atoms with Gasteiger partial charge in [0, 0.05) is 0 Å². The highest BCUT2D eigenvalue weighted by molar-refractivity contribution is 5.89. The number of esters is 1. The minimum absolute atomic E-state index is 0.0972. The molecular weight excluding hydrogens is 238 g/mol. The monoisotopic (exact) mass is 261 g/mol. The number of carbonyl (C=O) groups is 1. The highest BCUT2D eigenvalue weighted by Gasteiger charge is 2.22. The first-order valence-corrected chi connectivity index (χ1v) is 7.19. The van der Waals surface area contributed by atoms with Crippen LogP contribution in [0.15, 0.2) is 24.3 Å². The lowest BCUT2D eigenvalue weighted by atomic mass is 9.89. The first-order chi connectivity index (χ1) is 9.19. The Bertz CT molecular complexity index is 413. The van der Waals surface area contributed by atoms with E-state index >= 15 is 0 Å². The molecule has 1 aliphatic carbocycles. The van der Waals surface area contributed by atoms with Crippen LogP contribution in [0.1, 0.15) is 48.5 Å². The molecule has 0 heterocycles. The zero-order chi connectivity index (χ0) is 13.7. The number of hydrogen-bond acceptors (Lipinski definition) is 3. The Morgan fingerprint density at radius 1 is 1.32 bits per heavy atom. The molecule has 1 fully saturated rings. The van der Waals surface area contributed by atoms with Crippen molar-refractivity contribution in [2.45, 2.75) is 45.1 Å². The van der Waals surface area contributed by atoms with Gasteiger partial charge in [0.25, 0.3) is 0 Å². The topological polar surface area (TPSA) is 52.3 Å². The average molecular weight is 261 g/mol. The number of benzene rings is 1. The quantitative estimate of drug-likeness (QED) is 0.848. The predicted molar refractivity (Wildman–Crippen MR) is 76.0 cm³/mol. The second-order valence-corrected chi connectivity index (χ2v) is 5.53. The van der Waals surface area contributed by atoms with E-state index in [1.165, 1.54) is 6.42 Å². The van der Waals surface area contributed by atoms with Crippen LogP contribution < -0.4 is 5.73 Å². The molecule has 1 aliphatic rings. The minimum atomic E-state index is -0.196. The molecule has 3 heteroatoms. The Morgan fingerprint density at radius 2 is 2.05 bits per heavy atom. The van der Waals surface area contributed by atoms with Crippen LogP contribution >= 0.6 is 0 Å². The molecule has 0 amide bonds. The van der Waals surface area contributed by atoms with E-state index in [2.05, 4.69) is 6.92 Å². The van der Waals surface area contributed by atoms with Crippen LogP contribution in [0.2, 0.25) is 0 Å². The maximum absolute atomic E-state index is 12.0. The van der Waals surface area contributed by atoms with Crippen molar-refractivity contribution in [1.29, 1.82) is 0 Å². The molecule has 1 saturated carbocycles. The van der Waals surface area contributed by atoms with Crippen molar-refractivity contribution in [1.82, 2.24) is 0 Å². The summed E-state index contributed by atoms with van der Waals surface area (Å²) < 4.78 is 5.58. The SMILES string of the molecule is CC1CCCC(OC(=O)c2ccc(CCN)cc2)C1. The fourth-order valence-electron chi connectivity index (χ4n) is 2.68. The molecule has 2 rings (SSSR count). The normalized spacial score (nSPS) is 23.1. The van der Waals surface area contributed by atoms with Crippen LogP contribution in [0, 0.1) is 5.92 Å². The van der Waals surface area contributed by atoms with Crippen molar-refractivity contribution in [3.63, 3.8) is 0 Å². The smallest absolute Gasteiger partial charge is 0.338 e. The van der Waals surface area contributed by atoms with Crippen LogP contribution in [0.25, 0.3) is 0 Å². The van der Waals surface area contributed by atoms with Crippen molar-refractivity contribution < 1.29 is 9.53 Å². The van der Waals surface area contributed by atoms with E-state index in [4.69, 9.17) is 10.5 Å². The Balaban J connectivity index is 1.91. The lowest BCUT2D eigenvalue weighted by Crippen LogP contribution is -2.24. The van der Waals surface area contributed by atoms with E-state index in [0.717, 1.165) is 31.2 Å². The molecule has 0 aliphatic heterocycles. The standard InChI is InChI=1S/C16H23NO2/c1-12-3-2-4-15(11-12)19-16(18)14-7-5-13(6-8-14)9-10-17/h5-8,12,15H,2-4,9-11,17H2,1H3. The van der Waals surface area contributed by atoms with E-state index in [-0.39, 0.29) is 12.1 Å². The van der Waals surface area contributed by atoms with E-state index in [1.807, 2.05) is 24.3 Å². The van der Waals surface area contributed by atoms with Gasteiger partial charge in [-0.3, -0.25) is 0 Å². The molecule has 2 unspecified atom stereocenters. The van der Waals surface area contributed by atoms with Crippen LogP contribution in [-0.2, 0) is 11.2 Å². The van der Waals surface area contributed by atoms with Crippen molar-refractivity contribution >= 4 is 5.97 Å². The molecule has 1 aromatic carbocycles. The van der Waals surface area contributed by atoms with Gasteiger partial charge in [0.15, 0.2) is 0 Å². The first-order valence-electron chi connectivity index (χ1n) is 7.19. The largest absolute Gasteiger partial charge is 0.459 e. The van der Waals surface area contributed by atoms with Crippen LogP contribution in [0.3, 0.4) is 0 Å². The molecule has 0 saturated heterocycles. The summed E-state index contributed by atoms with van der Waals surface area (Å²) in [5, 5.41) is 0. The molecule has 0 aromatic heterocycles. The second-order valence-electron chi connectivity index (χ2n) is 5.53. The summed E-state index contributed by atoms with van der Waals surface area (Å²) in [4.78, 5) is 12.0. The fourth-order valence-corrected chi connectivity index (χ4v) is 2.68. The van der Waals surface area contributed by atoms with Gasteiger partial charge in [-0.2, -0.15) is 0 Å². The lowest BCUT2D eigenvalue weighted by Gasteiger charge is -2.26. The third kappa shape index (κ3) is 4.06. The molecule has 104 valence electrons. The Morgan fingerprint density at radius 3 is 2.68 bits per heavy atom. The van der Waals surface area contributed by atoms with Gasteiger partial charge in [-0.15, -0.1) is 0 Å². The number of rotatable bonds is 4. The lowest BCUT2D eigenvalue weighted by molar-refractivity contribution is 0.0155. The van der Waals surface area contributed by atoms with E-state index in [9.17, 15) is 4.79 Å². The summed E-state index contributed by atoms with van der Waals surface area (Å²) in [6, 6.07) is 7.57. The van der Waals surface area contributed by atoms with E-state index < -0.39 is 0 Å². The number of hydrogen-bond donors (Lipinski definition) is 1. The van der Waals surface area contributed by atoms with E-state index in [0.29, 0.717) is 18.0 Å². The fraction of sp³-hybridized carbons (Fsp3) is 0.562. The molecule has 1 aromatic rings. The Hall–Kier alpha value is -1.35. The molecule has 0 radical (unpaired) electrons. The third-order valence-electron chi connectivity index (χ3n) is 3.78. The number of nitrogens with two attached hydrogens (primary N) is 1. The van der Waals surface area contributed by atoms with Crippen molar-refractivity contribution in [3.8, 4) is 0 Å². The molecule has 0 spiro atoms. The van der Waals surface area contributed by atoms with Crippen LogP contribution in [0.5, 0.6) is 0 Å². The zero-order valence-electron chi connectivity index (χ0n) is 11.6. The van der Waals surface area contributed by atoms with Crippen LogP contribution in [0.4, 0.5) is 0 Å². The summed E-state index contributed by atoms with van der Waals surface area (Å²) in [6.07, 6.45) is 5.35. The van der Waals surface area contributed by atoms with Gasteiger partial charge >= 0.3 is 5.97 Å². The third-order valence-corrected chi connectivity index (χ3v) is 3.78. The maximum atomic E-state index is 12.0. The summed E-state index contributed by atoms with van der Waals surface area (Å²) in [5.74, 6) is 0.469. The van der Waals surface area contributed by atoms with Gasteiger partial charge in [-0.05, 0) is 55.8 Å². The zero-order valence-corrected chi connectivity index (χ0v) is 11.6. The van der Waals surface area contributed by atoms with E-state index in [1.54, 1.807) is 0 Å². The van der Waals surface area contributed by atoms with Crippen molar-refractivity contribution in [3.05, 3.63) is 35.4 Å². The summed E-state index contributed by atoms with van der Waals surface area (Å²) >= 11 is 0. The van der Waals surface area contributed by atoms with Gasteiger partial charge in [-0.1, -0.05) is 25.5 Å². The van der Waals surface area contributed by atoms with Crippen molar-refractivity contribution in [2.75, 3.05) is 6.54 Å². The average Bonchev–Trinajstić information content (AvgIpc) is 2.40. The second kappa shape index (κ2) is 6.71. The molecule has 2 atom stereocenters. The molecular formula is C16H23NO2. The molecule has 0 bridgehead atoms. The number of carbonyl (C=O) groups excluding carboxylic acids is 1. The summed E-state index contributed by atoms with van der Waals surface area (Å²) in [6.45, 7) is 2.85. The van der Waals surface area contributed by atoms with Gasteiger partial charge < -0.3 is 10.5 Å². The maximum Gasteiger partial charge on any atom is 0.338 e. The predicted octanol–water partition coefficient (Wildman–Crippen LogP) is 2.92.